The highest BCUT2D eigenvalue weighted by atomic mass is 16.7. The largest absolute Gasteiger partial charge is 0.466 e. The van der Waals surface area contributed by atoms with Crippen LogP contribution in [0, 0.1) is 5.92 Å². The average Bonchev–Trinajstić information content (AvgIpc) is 3.26. The van der Waals surface area contributed by atoms with Gasteiger partial charge in [-0.3, -0.25) is 0 Å². The Kier molecular flexibility index (Phi) is 4.62. The first-order chi connectivity index (χ1) is 13.6. The standard InChI is InChI=1S/C21H26O8/c1-10-14-13(26-19(24)21(4)11(2)28-21)9-20(3)8-6-7-12(18(23)25-5)15(29-20)16(14)27-17(10)22/h7,11,13-16H,1,6,8-9H2,2-5H3. The van der Waals surface area contributed by atoms with Crippen LogP contribution in [-0.4, -0.2) is 60.6 Å². The molecule has 0 N–H and O–H groups in total. The third-order valence-electron chi connectivity index (χ3n) is 6.57. The van der Waals surface area contributed by atoms with Crippen LogP contribution < -0.4 is 0 Å². The topological polar surface area (TPSA) is 101 Å². The van der Waals surface area contributed by atoms with Crippen molar-refractivity contribution in [1.29, 1.82) is 0 Å². The second kappa shape index (κ2) is 6.67. The average molecular weight is 406 g/mol. The van der Waals surface area contributed by atoms with Gasteiger partial charge in [-0.05, 0) is 33.6 Å². The summed E-state index contributed by atoms with van der Waals surface area (Å²) in [5, 5.41) is 0. The molecule has 7 unspecified atom stereocenters. The molecule has 4 aliphatic heterocycles. The Morgan fingerprint density at radius 2 is 1.97 bits per heavy atom. The van der Waals surface area contributed by atoms with E-state index in [9.17, 15) is 14.4 Å². The van der Waals surface area contributed by atoms with Gasteiger partial charge >= 0.3 is 17.9 Å². The molecule has 8 nitrogen and oxygen atoms in total. The SMILES string of the molecule is C=C1C(=O)OC2C3OC(C)(CCC=C3C(=O)OC)CC(OC(=O)C3(C)OC3C)C12. The highest BCUT2D eigenvalue weighted by Crippen LogP contribution is 2.47. The summed E-state index contributed by atoms with van der Waals surface area (Å²) in [7, 11) is 1.29. The summed E-state index contributed by atoms with van der Waals surface area (Å²) in [4.78, 5) is 37.5. The summed E-state index contributed by atoms with van der Waals surface area (Å²) in [6, 6.07) is 0. The van der Waals surface area contributed by atoms with Gasteiger partial charge < -0.3 is 23.7 Å². The third-order valence-corrected chi connectivity index (χ3v) is 6.57. The first-order valence-corrected chi connectivity index (χ1v) is 9.84. The van der Waals surface area contributed by atoms with Gasteiger partial charge in [0.05, 0.1) is 30.3 Å². The van der Waals surface area contributed by atoms with Crippen molar-refractivity contribution >= 4 is 17.9 Å². The zero-order valence-corrected chi connectivity index (χ0v) is 17.1. The van der Waals surface area contributed by atoms with Crippen molar-refractivity contribution in [3.8, 4) is 0 Å². The molecule has 0 radical (unpaired) electrons. The van der Waals surface area contributed by atoms with Crippen LogP contribution in [0.3, 0.4) is 0 Å². The van der Waals surface area contributed by atoms with E-state index in [-0.39, 0.29) is 11.7 Å². The number of hydrogen-bond acceptors (Lipinski definition) is 8. The second-order valence-corrected chi connectivity index (χ2v) is 8.61. The molecule has 0 aromatic heterocycles. The molecule has 158 valence electrons. The van der Waals surface area contributed by atoms with Gasteiger partial charge in [0.15, 0.2) is 5.60 Å². The zero-order valence-electron chi connectivity index (χ0n) is 17.1. The smallest absolute Gasteiger partial charge is 0.341 e. The summed E-state index contributed by atoms with van der Waals surface area (Å²) in [5.41, 5.74) is -1.15. The van der Waals surface area contributed by atoms with Crippen LogP contribution in [0.4, 0.5) is 0 Å². The van der Waals surface area contributed by atoms with Crippen LogP contribution in [0.1, 0.15) is 40.0 Å². The molecule has 3 fully saturated rings. The van der Waals surface area contributed by atoms with Crippen LogP contribution >= 0.6 is 0 Å². The predicted octanol–water partition coefficient (Wildman–Crippen LogP) is 1.61. The molecule has 7 atom stereocenters. The number of carbonyl (C=O) groups is 3. The van der Waals surface area contributed by atoms with E-state index < -0.39 is 53.3 Å². The summed E-state index contributed by atoms with van der Waals surface area (Å²) in [5.74, 6) is -2.22. The third kappa shape index (κ3) is 3.18. The maximum atomic E-state index is 12.7. The van der Waals surface area contributed by atoms with E-state index in [1.807, 2.05) is 6.92 Å². The first kappa shape index (κ1) is 20.1. The lowest BCUT2D eigenvalue weighted by molar-refractivity contribution is -0.159. The number of allylic oxidation sites excluding steroid dienone is 1. The number of epoxide rings is 1. The van der Waals surface area contributed by atoms with E-state index in [1.165, 1.54) is 7.11 Å². The van der Waals surface area contributed by atoms with Crippen molar-refractivity contribution in [2.45, 2.75) is 75.7 Å². The number of hydrogen-bond donors (Lipinski definition) is 0. The molecule has 8 heteroatoms. The van der Waals surface area contributed by atoms with Gasteiger partial charge in [-0.25, -0.2) is 14.4 Å². The summed E-state index contributed by atoms with van der Waals surface area (Å²) < 4.78 is 28.1. The molecule has 4 heterocycles. The Labute approximate surface area is 169 Å². The fourth-order valence-electron chi connectivity index (χ4n) is 4.55. The van der Waals surface area contributed by atoms with Crippen LogP contribution in [0.15, 0.2) is 23.8 Å². The minimum atomic E-state index is -0.989. The minimum absolute atomic E-state index is 0.213. The molecule has 2 bridgehead atoms. The molecule has 0 saturated carbocycles. The lowest BCUT2D eigenvalue weighted by atomic mass is 9.81. The zero-order chi connectivity index (χ0) is 21.1. The fraction of sp³-hybridized carbons (Fsp3) is 0.667. The molecule has 0 aromatic carbocycles. The van der Waals surface area contributed by atoms with Gasteiger partial charge in [-0.1, -0.05) is 12.7 Å². The van der Waals surface area contributed by atoms with E-state index in [4.69, 9.17) is 23.7 Å². The summed E-state index contributed by atoms with van der Waals surface area (Å²) >= 11 is 0. The molecular weight excluding hydrogens is 380 g/mol. The number of carbonyl (C=O) groups excluding carboxylic acids is 3. The number of ether oxygens (including phenoxy) is 5. The maximum Gasteiger partial charge on any atom is 0.341 e. The molecule has 4 aliphatic rings. The maximum absolute atomic E-state index is 12.7. The number of rotatable bonds is 3. The highest BCUT2D eigenvalue weighted by molar-refractivity contribution is 5.93. The Bertz CT molecular complexity index is 815. The monoisotopic (exact) mass is 406 g/mol. The minimum Gasteiger partial charge on any atom is -0.466 e. The molecule has 0 aliphatic carbocycles. The van der Waals surface area contributed by atoms with Gasteiger partial charge in [0.2, 0.25) is 0 Å². The predicted molar refractivity (Wildman–Crippen MR) is 98.6 cm³/mol. The molecule has 4 rings (SSSR count). The Balaban J connectivity index is 1.71. The van der Waals surface area contributed by atoms with Gasteiger partial charge in [-0.2, -0.15) is 0 Å². The van der Waals surface area contributed by atoms with Gasteiger partial charge in [0.25, 0.3) is 0 Å². The lowest BCUT2D eigenvalue weighted by Gasteiger charge is -2.32. The molecule has 0 spiro atoms. The van der Waals surface area contributed by atoms with Gasteiger partial charge in [0.1, 0.15) is 18.3 Å². The normalized spacial score (nSPS) is 43.3. The number of methoxy groups -OCH3 is 1. The van der Waals surface area contributed by atoms with Gasteiger partial charge in [0, 0.05) is 12.0 Å². The van der Waals surface area contributed by atoms with E-state index in [2.05, 4.69) is 6.58 Å². The Morgan fingerprint density at radius 1 is 1.28 bits per heavy atom. The van der Waals surface area contributed by atoms with Crippen molar-refractivity contribution in [1.82, 2.24) is 0 Å². The van der Waals surface area contributed by atoms with Crippen molar-refractivity contribution < 1.29 is 38.1 Å². The molecule has 0 aromatic rings. The summed E-state index contributed by atoms with van der Waals surface area (Å²) in [6.45, 7) is 9.27. The Morgan fingerprint density at radius 3 is 2.59 bits per heavy atom. The Hall–Kier alpha value is -2.19. The highest BCUT2D eigenvalue weighted by Gasteiger charge is 2.61. The van der Waals surface area contributed by atoms with Crippen LogP contribution in [0.5, 0.6) is 0 Å². The second-order valence-electron chi connectivity index (χ2n) is 8.61. The van der Waals surface area contributed by atoms with Crippen molar-refractivity contribution in [2.75, 3.05) is 7.11 Å². The molecular formula is C21H26O8. The van der Waals surface area contributed by atoms with Crippen molar-refractivity contribution in [3.63, 3.8) is 0 Å². The molecule has 3 saturated heterocycles. The van der Waals surface area contributed by atoms with Crippen LogP contribution in [0.2, 0.25) is 0 Å². The van der Waals surface area contributed by atoms with Crippen LogP contribution in [-0.2, 0) is 38.1 Å². The first-order valence-electron chi connectivity index (χ1n) is 9.84. The lowest BCUT2D eigenvalue weighted by Crippen LogP contribution is -2.41. The van der Waals surface area contributed by atoms with E-state index in [0.717, 1.165) is 0 Å². The fourth-order valence-corrected chi connectivity index (χ4v) is 4.55. The molecule has 0 amide bonds. The van der Waals surface area contributed by atoms with Crippen molar-refractivity contribution in [3.05, 3.63) is 23.8 Å². The summed E-state index contributed by atoms with van der Waals surface area (Å²) in [6.07, 6.45) is 0.752. The van der Waals surface area contributed by atoms with Crippen molar-refractivity contribution in [2.24, 2.45) is 5.92 Å². The van der Waals surface area contributed by atoms with Gasteiger partial charge in [-0.15, -0.1) is 0 Å². The number of esters is 3. The van der Waals surface area contributed by atoms with E-state index in [0.29, 0.717) is 24.8 Å². The van der Waals surface area contributed by atoms with E-state index in [1.54, 1.807) is 19.9 Å². The van der Waals surface area contributed by atoms with Crippen LogP contribution in [0.25, 0.3) is 0 Å². The molecule has 29 heavy (non-hydrogen) atoms. The number of fused-ring (bicyclic) bond motifs is 4. The quantitative estimate of drug-likeness (QED) is 0.302. The van der Waals surface area contributed by atoms with E-state index >= 15 is 0 Å².